The van der Waals surface area contributed by atoms with Gasteiger partial charge in [-0.15, -0.1) is 0 Å². The number of amides is 1. The van der Waals surface area contributed by atoms with Crippen molar-refractivity contribution >= 4 is 27.5 Å². The van der Waals surface area contributed by atoms with Gasteiger partial charge in [0.1, 0.15) is 5.65 Å². The standard InChI is InChI=1S/C15H19BrN4O/c1-11-7-12(16)9-20-10-13(18-15(11)20)8-17-14(21)5-4-6-19(2)3/h4-5,7,9-10H,6,8H2,1-3H3,(H,17,21)/b5-4+. The summed E-state index contributed by atoms with van der Waals surface area (Å²) in [6.07, 6.45) is 7.27. The molecule has 2 aromatic rings. The SMILES string of the molecule is Cc1cc(Br)cn2cc(CNC(=O)/C=C/CN(C)C)nc12. The van der Waals surface area contributed by atoms with Gasteiger partial charge < -0.3 is 14.6 Å². The molecule has 0 spiro atoms. The van der Waals surface area contributed by atoms with Crippen LogP contribution in [-0.4, -0.2) is 40.8 Å². The third kappa shape index (κ3) is 4.41. The number of nitrogens with zero attached hydrogens (tertiary/aromatic N) is 3. The Kier molecular flexibility index (Phi) is 5.14. The van der Waals surface area contributed by atoms with Crippen LogP contribution in [0.3, 0.4) is 0 Å². The number of hydrogen-bond acceptors (Lipinski definition) is 3. The molecule has 0 saturated carbocycles. The lowest BCUT2D eigenvalue weighted by molar-refractivity contribution is -0.116. The number of fused-ring (bicyclic) bond motifs is 1. The average molecular weight is 351 g/mol. The smallest absolute Gasteiger partial charge is 0.244 e. The topological polar surface area (TPSA) is 49.6 Å². The van der Waals surface area contributed by atoms with E-state index in [0.717, 1.165) is 27.9 Å². The second kappa shape index (κ2) is 6.87. The molecule has 0 bridgehead atoms. The minimum atomic E-state index is -0.105. The van der Waals surface area contributed by atoms with Crippen molar-refractivity contribution in [3.8, 4) is 0 Å². The predicted molar refractivity (Wildman–Crippen MR) is 87.2 cm³/mol. The molecule has 1 N–H and O–H groups in total. The van der Waals surface area contributed by atoms with E-state index in [-0.39, 0.29) is 5.91 Å². The first-order valence-corrected chi connectivity index (χ1v) is 7.48. The number of rotatable bonds is 5. The summed E-state index contributed by atoms with van der Waals surface area (Å²) in [6, 6.07) is 2.02. The molecule has 21 heavy (non-hydrogen) atoms. The van der Waals surface area contributed by atoms with Crippen molar-refractivity contribution in [2.24, 2.45) is 0 Å². The van der Waals surface area contributed by atoms with Crippen molar-refractivity contribution in [2.45, 2.75) is 13.5 Å². The van der Waals surface area contributed by atoms with E-state index in [2.05, 4.69) is 26.2 Å². The van der Waals surface area contributed by atoms with Gasteiger partial charge in [0.15, 0.2) is 0 Å². The minimum absolute atomic E-state index is 0.105. The predicted octanol–water partition coefficient (Wildman–Crippen LogP) is 2.14. The number of nitrogens with one attached hydrogen (secondary N) is 1. The molecule has 112 valence electrons. The molecule has 0 atom stereocenters. The van der Waals surface area contributed by atoms with Crippen molar-refractivity contribution in [3.05, 3.63) is 46.3 Å². The van der Waals surface area contributed by atoms with Gasteiger partial charge in [-0.1, -0.05) is 6.08 Å². The Labute approximate surface area is 132 Å². The maximum Gasteiger partial charge on any atom is 0.244 e. The molecule has 0 radical (unpaired) electrons. The van der Waals surface area contributed by atoms with E-state index in [0.29, 0.717) is 6.54 Å². The Morgan fingerprint density at radius 2 is 2.24 bits per heavy atom. The molecule has 0 aliphatic rings. The monoisotopic (exact) mass is 350 g/mol. The molecule has 0 unspecified atom stereocenters. The second-order valence-electron chi connectivity index (χ2n) is 5.19. The maximum atomic E-state index is 11.7. The van der Waals surface area contributed by atoms with Gasteiger partial charge in [-0.3, -0.25) is 4.79 Å². The van der Waals surface area contributed by atoms with E-state index >= 15 is 0 Å². The number of halogens is 1. The van der Waals surface area contributed by atoms with Crippen LogP contribution in [0, 0.1) is 6.92 Å². The van der Waals surface area contributed by atoms with Gasteiger partial charge in [0, 0.05) is 29.5 Å². The van der Waals surface area contributed by atoms with E-state index < -0.39 is 0 Å². The van der Waals surface area contributed by atoms with Crippen LogP contribution in [0.2, 0.25) is 0 Å². The summed E-state index contributed by atoms with van der Waals surface area (Å²) < 4.78 is 2.97. The summed E-state index contributed by atoms with van der Waals surface area (Å²) in [5.41, 5.74) is 2.84. The minimum Gasteiger partial charge on any atom is -0.347 e. The summed E-state index contributed by atoms with van der Waals surface area (Å²) in [5, 5.41) is 2.84. The van der Waals surface area contributed by atoms with E-state index in [9.17, 15) is 4.79 Å². The molecule has 0 aliphatic carbocycles. The fourth-order valence-electron chi connectivity index (χ4n) is 1.97. The lowest BCUT2D eigenvalue weighted by atomic mass is 10.3. The number of aryl methyl sites for hydroxylation is 1. The molecule has 0 saturated heterocycles. The van der Waals surface area contributed by atoms with Crippen LogP contribution in [0.1, 0.15) is 11.3 Å². The number of imidazole rings is 1. The van der Waals surface area contributed by atoms with Gasteiger partial charge in [-0.05, 0) is 48.6 Å². The van der Waals surface area contributed by atoms with Gasteiger partial charge in [0.25, 0.3) is 0 Å². The zero-order chi connectivity index (χ0) is 15.4. The number of hydrogen-bond donors (Lipinski definition) is 1. The zero-order valence-electron chi connectivity index (χ0n) is 12.4. The number of carbonyl (C=O) groups excluding carboxylic acids is 1. The summed E-state index contributed by atoms with van der Waals surface area (Å²) in [4.78, 5) is 18.2. The van der Waals surface area contributed by atoms with Crippen LogP contribution in [0.25, 0.3) is 5.65 Å². The summed E-state index contributed by atoms with van der Waals surface area (Å²) in [5.74, 6) is -0.105. The van der Waals surface area contributed by atoms with Crippen LogP contribution in [-0.2, 0) is 11.3 Å². The van der Waals surface area contributed by atoms with Crippen LogP contribution in [0.4, 0.5) is 0 Å². The molecule has 0 aliphatic heterocycles. The van der Waals surface area contributed by atoms with Crippen LogP contribution in [0.5, 0.6) is 0 Å². The number of carbonyl (C=O) groups is 1. The van der Waals surface area contributed by atoms with Crippen LogP contribution >= 0.6 is 15.9 Å². The molecular weight excluding hydrogens is 332 g/mol. The molecular formula is C15H19BrN4O. The number of pyridine rings is 1. The average Bonchev–Trinajstić information content (AvgIpc) is 2.79. The Bertz CT molecular complexity index is 676. The second-order valence-corrected chi connectivity index (χ2v) is 6.10. The molecule has 0 fully saturated rings. The molecule has 2 aromatic heterocycles. The quantitative estimate of drug-likeness (QED) is 0.840. The highest BCUT2D eigenvalue weighted by molar-refractivity contribution is 9.10. The van der Waals surface area contributed by atoms with Gasteiger partial charge in [0.2, 0.25) is 5.91 Å². The molecule has 0 aromatic carbocycles. The van der Waals surface area contributed by atoms with Gasteiger partial charge in [-0.25, -0.2) is 4.98 Å². The van der Waals surface area contributed by atoms with Crippen LogP contribution < -0.4 is 5.32 Å². The Morgan fingerprint density at radius 3 is 2.95 bits per heavy atom. The van der Waals surface area contributed by atoms with E-state index in [1.807, 2.05) is 54.9 Å². The summed E-state index contributed by atoms with van der Waals surface area (Å²) in [7, 11) is 3.92. The summed E-state index contributed by atoms with van der Waals surface area (Å²) >= 11 is 3.46. The number of aromatic nitrogens is 2. The first kappa shape index (κ1) is 15.7. The largest absolute Gasteiger partial charge is 0.347 e. The first-order chi connectivity index (χ1) is 9.95. The van der Waals surface area contributed by atoms with Gasteiger partial charge in [0.05, 0.1) is 12.2 Å². The maximum absolute atomic E-state index is 11.7. The van der Waals surface area contributed by atoms with Crippen LogP contribution in [0.15, 0.2) is 35.1 Å². The normalized spacial score (nSPS) is 11.7. The van der Waals surface area contributed by atoms with E-state index in [4.69, 9.17) is 0 Å². The third-order valence-electron chi connectivity index (χ3n) is 2.94. The molecule has 2 rings (SSSR count). The molecule has 2 heterocycles. The van der Waals surface area contributed by atoms with Crippen molar-refractivity contribution in [3.63, 3.8) is 0 Å². The van der Waals surface area contributed by atoms with Crippen molar-refractivity contribution < 1.29 is 4.79 Å². The molecule has 1 amide bonds. The third-order valence-corrected chi connectivity index (χ3v) is 3.37. The lowest BCUT2D eigenvalue weighted by Gasteiger charge is -2.03. The van der Waals surface area contributed by atoms with Crippen molar-refractivity contribution in [2.75, 3.05) is 20.6 Å². The van der Waals surface area contributed by atoms with Crippen molar-refractivity contribution in [1.29, 1.82) is 0 Å². The Balaban J connectivity index is 1.99. The fraction of sp³-hybridized carbons (Fsp3) is 0.333. The number of likely N-dealkylation sites (N-methyl/N-ethyl adjacent to an activating group) is 1. The Morgan fingerprint density at radius 1 is 1.48 bits per heavy atom. The summed E-state index contributed by atoms with van der Waals surface area (Å²) in [6.45, 7) is 3.18. The fourth-order valence-corrected chi connectivity index (χ4v) is 2.53. The van der Waals surface area contributed by atoms with Gasteiger partial charge >= 0.3 is 0 Å². The highest BCUT2D eigenvalue weighted by Crippen LogP contribution is 2.17. The van der Waals surface area contributed by atoms with E-state index in [1.165, 1.54) is 0 Å². The Hall–Kier alpha value is -1.66. The molecule has 5 nitrogen and oxygen atoms in total. The first-order valence-electron chi connectivity index (χ1n) is 6.68. The molecule has 6 heteroatoms. The highest BCUT2D eigenvalue weighted by Gasteiger charge is 2.06. The zero-order valence-corrected chi connectivity index (χ0v) is 14.0. The van der Waals surface area contributed by atoms with Crippen molar-refractivity contribution in [1.82, 2.24) is 19.6 Å². The van der Waals surface area contributed by atoms with E-state index in [1.54, 1.807) is 6.08 Å². The lowest BCUT2D eigenvalue weighted by Crippen LogP contribution is -2.21. The van der Waals surface area contributed by atoms with Gasteiger partial charge in [-0.2, -0.15) is 0 Å². The highest BCUT2D eigenvalue weighted by atomic mass is 79.9.